The Bertz CT molecular complexity index is 784. The Labute approximate surface area is 138 Å². The fourth-order valence-electron chi connectivity index (χ4n) is 2.14. The summed E-state index contributed by atoms with van der Waals surface area (Å²) in [5.41, 5.74) is 1.77. The van der Waals surface area contributed by atoms with E-state index in [0.29, 0.717) is 11.3 Å². The summed E-state index contributed by atoms with van der Waals surface area (Å²) >= 11 is 0. The van der Waals surface area contributed by atoms with Gasteiger partial charge >= 0.3 is 5.97 Å². The molecule has 0 spiro atoms. The number of esters is 1. The maximum atomic E-state index is 11.9. The van der Waals surface area contributed by atoms with Crippen LogP contribution in [0.5, 0.6) is 5.75 Å². The van der Waals surface area contributed by atoms with Gasteiger partial charge < -0.3 is 10.1 Å². The van der Waals surface area contributed by atoms with Crippen molar-refractivity contribution in [2.75, 3.05) is 5.32 Å². The molecule has 2 aromatic rings. The Balaban J connectivity index is 1.99. The average Bonchev–Trinajstić information content (AvgIpc) is 2.48. The summed E-state index contributed by atoms with van der Waals surface area (Å²) in [4.78, 5) is 33.2. The van der Waals surface area contributed by atoms with Crippen LogP contribution in [0, 0.1) is 17.0 Å². The number of carbonyl (C=O) groups excluding carboxylic acids is 2. The van der Waals surface area contributed by atoms with Crippen LogP contribution in [0.25, 0.3) is 0 Å². The van der Waals surface area contributed by atoms with Crippen LogP contribution < -0.4 is 10.1 Å². The van der Waals surface area contributed by atoms with Gasteiger partial charge in [-0.25, -0.2) is 0 Å². The zero-order valence-corrected chi connectivity index (χ0v) is 13.2. The Morgan fingerprint density at radius 2 is 1.83 bits per heavy atom. The van der Waals surface area contributed by atoms with Crippen molar-refractivity contribution >= 4 is 23.3 Å². The quantitative estimate of drug-likeness (QED) is 0.394. The number of nitrogens with zero attached hydrogens (tertiary/aromatic N) is 1. The SMILES string of the molecule is CC(=O)Nc1ccc(CC(=O)Oc2ccc([N+](=O)[O-])c(C)c2)cc1. The van der Waals surface area contributed by atoms with Crippen LogP contribution in [-0.4, -0.2) is 16.8 Å². The van der Waals surface area contributed by atoms with Crippen LogP contribution in [-0.2, 0) is 16.0 Å². The van der Waals surface area contributed by atoms with Gasteiger partial charge in [-0.3, -0.25) is 19.7 Å². The molecule has 0 fully saturated rings. The van der Waals surface area contributed by atoms with Gasteiger partial charge in [-0.05, 0) is 36.8 Å². The molecule has 1 N–H and O–H groups in total. The van der Waals surface area contributed by atoms with Crippen molar-refractivity contribution in [3.8, 4) is 5.75 Å². The number of nitro benzene ring substituents is 1. The van der Waals surface area contributed by atoms with E-state index >= 15 is 0 Å². The predicted octanol–water partition coefficient (Wildman–Crippen LogP) is 3.01. The monoisotopic (exact) mass is 328 g/mol. The van der Waals surface area contributed by atoms with Crippen LogP contribution in [0.1, 0.15) is 18.1 Å². The van der Waals surface area contributed by atoms with E-state index in [9.17, 15) is 19.7 Å². The van der Waals surface area contributed by atoms with E-state index in [2.05, 4.69) is 5.32 Å². The van der Waals surface area contributed by atoms with Gasteiger partial charge in [0, 0.05) is 24.2 Å². The van der Waals surface area contributed by atoms with E-state index in [1.54, 1.807) is 31.2 Å². The van der Waals surface area contributed by atoms with Crippen molar-refractivity contribution < 1.29 is 19.2 Å². The molecule has 0 atom stereocenters. The average molecular weight is 328 g/mol. The molecule has 7 nitrogen and oxygen atoms in total. The summed E-state index contributed by atoms with van der Waals surface area (Å²) < 4.78 is 5.20. The van der Waals surface area contributed by atoms with E-state index in [4.69, 9.17) is 4.74 Å². The van der Waals surface area contributed by atoms with Gasteiger partial charge in [-0.15, -0.1) is 0 Å². The molecule has 2 rings (SSSR count). The second kappa shape index (κ2) is 7.36. The lowest BCUT2D eigenvalue weighted by Crippen LogP contribution is -2.11. The van der Waals surface area contributed by atoms with E-state index in [-0.39, 0.29) is 23.8 Å². The summed E-state index contributed by atoms with van der Waals surface area (Å²) in [5, 5.41) is 13.4. The first-order chi connectivity index (χ1) is 11.3. The lowest BCUT2D eigenvalue weighted by Gasteiger charge is -2.07. The molecule has 24 heavy (non-hydrogen) atoms. The van der Waals surface area contributed by atoms with Gasteiger partial charge in [0.25, 0.3) is 5.69 Å². The highest BCUT2D eigenvalue weighted by atomic mass is 16.6. The number of hydrogen-bond donors (Lipinski definition) is 1. The Hall–Kier alpha value is -3.22. The van der Waals surface area contributed by atoms with Gasteiger partial charge in [0.2, 0.25) is 5.91 Å². The van der Waals surface area contributed by atoms with Gasteiger partial charge in [0.15, 0.2) is 0 Å². The fourth-order valence-corrected chi connectivity index (χ4v) is 2.14. The number of amides is 1. The molecule has 0 aromatic heterocycles. The van der Waals surface area contributed by atoms with E-state index in [1.165, 1.54) is 25.1 Å². The summed E-state index contributed by atoms with van der Waals surface area (Å²) in [6, 6.07) is 11.0. The summed E-state index contributed by atoms with van der Waals surface area (Å²) in [7, 11) is 0. The molecular formula is C17H16N2O5. The molecule has 124 valence electrons. The normalized spacial score (nSPS) is 10.1. The minimum Gasteiger partial charge on any atom is -0.426 e. The number of nitro groups is 1. The smallest absolute Gasteiger partial charge is 0.315 e. The van der Waals surface area contributed by atoms with Crippen LogP contribution in [0.15, 0.2) is 42.5 Å². The molecule has 0 saturated heterocycles. The Morgan fingerprint density at radius 1 is 1.17 bits per heavy atom. The predicted molar refractivity (Wildman–Crippen MR) is 87.9 cm³/mol. The third kappa shape index (κ3) is 4.64. The van der Waals surface area contributed by atoms with Crippen LogP contribution in [0.3, 0.4) is 0 Å². The van der Waals surface area contributed by atoms with Gasteiger partial charge in [0.1, 0.15) is 5.75 Å². The van der Waals surface area contributed by atoms with Crippen molar-refractivity contribution in [2.45, 2.75) is 20.3 Å². The molecule has 0 heterocycles. The molecule has 0 aliphatic heterocycles. The number of rotatable bonds is 5. The highest BCUT2D eigenvalue weighted by Crippen LogP contribution is 2.23. The molecule has 0 saturated carbocycles. The Kier molecular flexibility index (Phi) is 5.26. The summed E-state index contributed by atoms with van der Waals surface area (Å²) in [6.45, 7) is 2.99. The van der Waals surface area contributed by atoms with Gasteiger partial charge in [-0.1, -0.05) is 12.1 Å². The molecule has 1 amide bonds. The van der Waals surface area contributed by atoms with Gasteiger partial charge in [-0.2, -0.15) is 0 Å². The molecule has 0 radical (unpaired) electrons. The minimum absolute atomic E-state index is 0.0247. The third-order valence-corrected chi connectivity index (χ3v) is 3.22. The van der Waals surface area contributed by atoms with E-state index in [1.807, 2.05) is 0 Å². The topological polar surface area (TPSA) is 98.5 Å². The third-order valence-electron chi connectivity index (χ3n) is 3.22. The lowest BCUT2D eigenvalue weighted by atomic mass is 10.1. The van der Waals surface area contributed by atoms with Crippen molar-refractivity contribution in [3.05, 3.63) is 63.7 Å². The highest BCUT2D eigenvalue weighted by Gasteiger charge is 2.13. The highest BCUT2D eigenvalue weighted by molar-refractivity contribution is 5.88. The molecular weight excluding hydrogens is 312 g/mol. The second-order valence-corrected chi connectivity index (χ2v) is 5.23. The van der Waals surface area contributed by atoms with Crippen LogP contribution >= 0.6 is 0 Å². The maximum absolute atomic E-state index is 11.9. The number of aryl methyl sites for hydroxylation is 1. The largest absolute Gasteiger partial charge is 0.426 e. The number of hydrogen-bond acceptors (Lipinski definition) is 5. The maximum Gasteiger partial charge on any atom is 0.315 e. The van der Waals surface area contributed by atoms with Crippen molar-refractivity contribution in [2.24, 2.45) is 0 Å². The number of benzene rings is 2. The Morgan fingerprint density at radius 3 is 2.38 bits per heavy atom. The number of carbonyl (C=O) groups is 2. The van der Waals surface area contributed by atoms with E-state index < -0.39 is 10.9 Å². The van der Waals surface area contributed by atoms with Crippen LogP contribution in [0.4, 0.5) is 11.4 Å². The minimum atomic E-state index is -0.489. The number of ether oxygens (including phenoxy) is 1. The van der Waals surface area contributed by atoms with Crippen LogP contribution in [0.2, 0.25) is 0 Å². The first-order valence-corrected chi connectivity index (χ1v) is 7.17. The zero-order valence-electron chi connectivity index (χ0n) is 13.2. The molecule has 0 bridgehead atoms. The fraction of sp³-hybridized carbons (Fsp3) is 0.176. The molecule has 0 aliphatic rings. The first-order valence-electron chi connectivity index (χ1n) is 7.17. The number of anilines is 1. The summed E-state index contributed by atoms with van der Waals surface area (Å²) in [5.74, 6) is -0.385. The molecule has 0 unspecified atom stereocenters. The van der Waals surface area contributed by atoms with E-state index in [0.717, 1.165) is 5.56 Å². The number of nitrogens with one attached hydrogen (secondary N) is 1. The first kappa shape index (κ1) is 17.1. The van der Waals surface area contributed by atoms with Crippen molar-refractivity contribution in [1.82, 2.24) is 0 Å². The van der Waals surface area contributed by atoms with Gasteiger partial charge in [0.05, 0.1) is 11.3 Å². The molecule has 0 aliphatic carbocycles. The van der Waals surface area contributed by atoms with Crippen molar-refractivity contribution in [1.29, 1.82) is 0 Å². The lowest BCUT2D eigenvalue weighted by molar-refractivity contribution is -0.385. The second-order valence-electron chi connectivity index (χ2n) is 5.23. The molecule has 7 heteroatoms. The summed E-state index contributed by atoms with van der Waals surface area (Å²) in [6.07, 6.45) is 0.0520. The van der Waals surface area contributed by atoms with Crippen molar-refractivity contribution in [3.63, 3.8) is 0 Å². The zero-order chi connectivity index (χ0) is 17.7. The standard InChI is InChI=1S/C17H16N2O5/c1-11-9-15(7-8-16(11)19(22)23)24-17(21)10-13-3-5-14(6-4-13)18-12(2)20/h3-9H,10H2,1-2H3,(H,18,20). The molecule has 2 aromatic carbocycles.